The van der Waals surface area contributed by atoms with Gasteiger partial charge < -0.3 is 5.32 Å². The SMILES string of the molecule is CCNC(=O)C[C@@H]1SC(=Nc2ccc(C)c([N+](=O)[O-])c2)N(C)C1=O. The summed E-state index contributed by atoms with van der Waals surface area (Å²) in [5.41, 5.74) is 0.919. The first kappa shape index (κ1) is 17.9. The molecule has 0 bridgehead atoms. The molecule has 1 aliphatic rings. The molecule has 128 valence electrons. The molecule has 0 saturated carbocycles. The number of nitrogens with one attached hydrogen (secondary N) is 1. The lowest BCUT2D eigenvalue weighted by atomic mass is 10.2. The Morgan fingerprint density at radius 3 is 2.83 bits per heavy atom. The van der Waals surface area contributed by atoms with Crippen molar-refractivity contribution in [1.82, 2.24) is 10.2 Å². The fourth-order valence-electron chi connectivity index (χ4n) is 2.21. The number of nitro groups is 1. The van der Waals surface area contributed by atoms with Crippen LogP contribution in [-0.2, 0) is 9.59 Å². The monoisotopic (exact) mass is 350 g/mol. The van der Waals surface area contributed by atoms with Crippen LogP contribution < -0.4 is 5.32 Å². The van der Waals surface area contributed by atoms with Crippen LogP contribution in [0.25, 0.3) is 0 Å². The number of benzene rings is 1. The molecule has 9 heteroatoms. The second-order valence-electron chi connectivity index (χ2n) is 5.28. The molecule has 0 spiro atoms. The first-order valence-corrected chi connectivity index (χ1v) is 8.26. The molecule has 1 aliphatic heterocycles. The van der Waals surface area contributed by atoms with Gasteiger partial charge in [0.15, 0.2) is 5.17 Å². The van der Waals surface area contributed by atoms with Crippen LogP contribution in [0.4, 0.5) is 11.4 Å². The predicted octanol–water partition coefficient (Wildman–Crippen LogP) is 1.99. The van der Waals surface area contributed by atoms with E-state index in [0.29, 0.717) is 23.0 Å². The fourth-order valence-corrected chi connectivity index (χ4v) is 3.36. The number of nitrogens with zero attached hydrogens (tertiary/aromatic N) is 3. The van der Waals surface area contributed by atoms with Crippen LogP contribution in [0.3, 0.4) is 0 Å². The first-order valence-electron chi connectivity index (χ1n) is 7.38. The number of hydrogen-bond donors (Lipinski definition) is 1. The molecule has 8 nitrogen and oxygen atoms in total. The maximum Gasteiger partial charge on any atom is 0.274 e. The van der Waals surface area contributed by atoms with Gasteiger partial charge in [0.25, 0.3) is 5.69 Å². The molecule has 0 radical (unpaired) electrons. The molecular formula is C15H18N4O4S. The normalized spacial score (nSPS) is 19.0. The molecule has 1 fully saturated rings. The number of hydrogen-bond acceptors (Lipinski definition) is 6. The highest BCUT2D eigenvalue weighted by Crippen LogP contribution is 2.32. The number of rotatable bonds is 5. The second-order valence-corrected chi connectivity index (χ2v) is 6.45. The van der Waals surface area contributed by atoms with Gasteiger partial charge in [0.05, 0.1) is 10.6 Å². The van der Waals surface area contributed by atoms with Gasteiger partial charge in [-0.1, -0.05) is 17.8 Å². The van der Waals surface area contributed by atoms with Gasteiger partial charge in [-0.05, 0) is 19.9 Å². The molecule has 24 heavy (non-hydrogen) atoms. The number of amides is 2. The van der Waals surface area contributed by atoms with E-state index in [-0.39, 0.29) is 23.9 Å². The van der Waals surface area contributed by atoms with E-state index in [4.69, 9.17) is 0 Å². The Morgan fingerprint density at radius 2 is 2.21 bits per heavy atom. The third-order valence-electron chi connectivity index (χ3n) is 3.50. The molecule has 0 aliphatic carbocycles. The molecule has 1 N–H and O–H groups in total. The van der Waals surface area contributed by atoms with Gasteiger partial charge in [-0.25, -0.2) is 4.99 Å². The van der Waals surface area contributed by atoms with Crippen LogP contribution in [0.1, 0.15) is 18.9 Å². The number of carbonyl (C=O) groups is 2. The van der Waals surface area contributed by atoms with Crippen molar-refractivity contribution >= 4 is 40.1 Å². The third-order valence-corrected chi connectivity index (χ3v) is 4.73. The zero-order valence-electron chi connectivity index (χ0n) is 13.6. The Bertz CT molecular complexity index is 719. The van der Waals surface area contributed by atoms with Crippen molar-refractivity contribution in [1.29, 1.82) is 0 Å². The highest BCUT2D eigenvalue weighted by Gasteiger charge is 2.36. The van der Waals surface area contributed by atoms with E-state index >= 15 is 0 Å². The van der Waals surface area contributed by atoms with Gasteiger partial charge in [-0.15, -0.1) is 0 Å². The summed E-state index contributed by atoms with van der Waals surface area (Å²) < 4.78 is 0. The molecule has 0 unspecified atom stereocenters. The quantitative estimate of drug-likeness (QED) is 0.646. The number of aryl methyl sites for hydroxylation is 1. The number of thioether (sulfide) groups is 1. The largest absolute Gasteiger partial charge is 0.356 e. The Hall–Kier alpha value is -2.42. The summed E-state index contributed by atoms with van der Waals surface area (Å²) in [5, 5.41) is 13.6. The van der Waals surface area contributed by atoms with E-state index in [0.717, 1.165) is 0 Å². The third kappa shape index (κ3) is 3.91. The number of nitro benzene ring substituents is 1. The zero-order chi connectivity index (χ0) is 17.9. The van der Waals surface area contributed by atoms with Crippen LogP contribution in [-0.4, -0.2) is 45.6 Å². The summed E-state index contributed by atoms with van der Waals surface area (Å²) in [6.07, 6.45) is 0.0781. The van der Waals surface area contributed by atoms with Crippen LogP contribution in [0, 0.1) is 17.0 Å². The van der Waals surface area contributed by atoms with Gasteiger partial charge >= 0.3 is 0 Å². The molecule has 0 aromatic heterocycles. The number of amidine groups is 1. The van der Waals surface area contributed by atoms with Crippen molar-refractivity contribution in [2.45, 2.75) is 25.5 Å². The van der Waals surface area contributed by atoms with E-state index in [1.54, 1.807) is 26.1 Å². The average molecular weight is 350 g/mol. The minimum absolute atomic E-state index is 0.0206. The van der Waals surface area contributed by atoms with Crippen LogP contribution >= 0.6 is 11.8 Å². The summed E-state index contributed by atoms with van der Waals surface area (Å²) in [6, 6.07) is 4.65. The van der Waals surface area contributed by atoms with E-state index in [9.17, 15) is 19.7 Å². The summed E-state index contributed by atoms with van der Waals surface area (Å²) in [5.74, 6) is -0.393. The van der Waals surface area contributed by atoms with Gasteiger partial charge in [0, 0.05) is 31.6 Å². The Balaban J connectivity index is 2.21. The van der Waals surface area contributed by atoms with Crippen LogP contribution in [0.5, 0.6) is 0 Å². The van der Waals surface area contributed by atoms with Crippen molar-refractivity contribution in [3.63, 3.8) is 0 Å². The molecular weight excluding hydrogens is 332 g/mol. The lowest BCUT2D eigenvalue weighted by Crippen LogP contribution is -2.32. The topological polar surface area (TPSA) is 105 Å². The maximum absolute atomic E-state index is 12.2. The zero-order valence-corrected chi connectivity index (χ0v) is 14.4. The lowest BCUT2D eigenvalue weighted by Gasteiger charge is -2.08. The highest BCUT2D eigenvalue weighted by molar-refractivity contribution is 8.15. The molecule has 1 saturated heterocycles. The summed E-state index contributed by atoms with van der Waals surface area (Å²) >= 11 is 1.19. The van der Waals surface area contributed by atoms with Gasteiger partial charge in [0.2, 0.25) is 11.8 Å². The highest BCUT2D eigenvalue weighted by atomic mass is 32.2. The summed E-state index contributed by atoms with van der Waals surface area (Å²) in [7, 11) is 1.58. The Labute approximate surface area is 143 Å². The molecule has 1 aromatic carbocycles. The lowest BCUT2D eigenvalue weighted by molar-refractivity contribution is -0.385. The van der Waals surface area contributed by atoms with Crippen LogP contribution in [0.15, 0.2) is 23.2 Å². The van der Waals surface area contributed by atoms with Gasteiger partial charge in [-0.3, -0.25) is 24.6 Å². The van der Waals surface area contributed by atoms with Crippen molar-refractivity contribution in [3.05, 3.63) is 33.9 Å². The maximum atomic E-state index is 12.2. The van der Waals surface area contributed by atoms with Crippen molar-refractivity contribution in [2.75, 3.05) is 13.6 Å². The van der Waals surface area contributed by atoms with E-state index < -0.39 is 10.2 Å². The van der Waals surface area contributed by atoms with E-state index in [2.05, 4.69) is 10.3 Å². The van der Waals surface area contributed by atoms with E-state index in [1.165, 1.54) is 22.7 Å². The van der Waals surface area contributed by atoms with Gasteiger partial charge in [-0.2, -0.15) is 0 Å². The fraction of sp³-hybridized carbons (Fsp3) is 0.400. The first-order chi connectivity index (χ1) is 11.3. The number of aliphatic imine (C=N–C) groups is 1. The standard InChI is InChI=1S/C15H18N4O4S/c1-4-16-13(20)8-12-14(21)18(3)15(24-12)17-10-6-5-9(2)11(7-10)19(22)23/h5-7,12H,4,8H2,1-3H3,(H,16,20)/t12-/m0/s1. The molecule has 1 atom stereocenters. The van der Waals surface area contributed by atoms with Crippen molar-refractivity contribution in [2.24, 2.45) is 4.99 Å². The molecule has 2 amide bonds. The second kappa shape index (κ2) is 7.43. The Morgan fingerprint density at radius 1 is 1.50 bits per heavy atom. The molecule has 2 rings (SSSR count). The van der Waals surface area contributed by atoms with Crippen molar-refractivity contribution in [3.8, 4) is 0 Å². The smallest absolute Gasteiger partial charge is 0.274 e. The van der Waals surface area contributed by atoms with Crippen LogP contribution in [0.2, 0.25) is 0 Å². The summed E-state index contributed by atoms with van der Waals surface area (Å²) in [4.78, 5) is 40.1. The molecule has 1 aromatic rings. The van der Waals surface area contributed by atoms with Gasteiger partial charge in [0.1, 0.15) is 5.25 Å². The minimum Gasteiger partial charge on any atom is -0.356 e. The average Bonchev–Trinajstić information content (AvgIpc) is 2.77. The van der Waals surface area contributed by atoms with Crippen molar-refractivity contribution < 1.29 is 14.5 Å². The molecule has 1 heterocycles. The van der Waals surface area contributed by atoms with E-state index in [1.807, 2.05) is 6.92 Å². The predicted molar refractivity (Wildman–Crippen MR) is 92.4 cm³/mol. The minimum atomic E-state index is -0.527. The Kier molecular flexibility index (Phi) is 5.55. The summed E-state index contributed by atoms with van der Waals surface area (Å²) in [6.45, 7) is 3.97. The number of carbonyl (C=O) groups excluding carboxylic acids is 2.